The molecule has 22 heavy (non-hydrogen) atoms. The van der Waals surface area contributed by atoms with Gasteiger partial charge in [0.25, 0.3) is 11.8 Å². The van der Waals surface area contributed by atoms with Crippen LogP contribution in [0.3, 0.4) is 0 Å². The van der Waals surface area contributed by atoms with Crippen LogP contribution in [0.2, 0.25) is 0 Å². The molecule has 1 atom stereocenters. The molecule has 118 valence electrons. The lowest BCUT2D eigenvalue weighted by Gasteiger charge is -2.34. The van der Waals surface area contributed by atoms with E-state index in [1.165, 1.54) is 0 Å². The molecule has 0 spiro atoms. The second-order valence-corrected chi connectivity index (χ2v) is 6.02. The third kappa shape index (κ3) is 2.90. The highest BCUT2D eigenvalue weighted by atomic mass is 16.3. The van der Waals surface area contributed by atoms with E-state index in [0.717, 1.165) is 31.1 Å². The number of aliphatic hydroxyl groups is 1. The first kappa shape index (κ1) is 15.1. The van der Waals surface area contributed by atoms with E-state index < -0.39 is 6.10 Å². The Hall–Kier alpha value is -1.76. The maximum absolute atomic E-state index is 12.3. The number of β-amino-alcohol motifs (C(OH)–C–C–N with tert-alkyl or cyclic N) is 1. The monoisotopic (exact) mass is 303 g/mol. The molecule has 1 aromatic rings. The number of hydrogen-bond donors (Lipinski definition) is 1. The van der Waals surface area contributed by atoms with Crippen LogP contribution in [0.25, 0.3) is 0 Å². The molecule has 2 aliphatic heterocycles. The van der Waals surface area contributed by atoms with Gasteiger partial charge in [-0.1, -0.05) is 12.1 Å². The standard InChI is InChI=1S/C16H21N3O3/c1-17-6-8-18(9-7-17)10-12(20)11-19-15(21)13-4-2-3-5-14(13)16(19)22/h2-5,12,20H,6-11H2,1H3. The zero-order valence-electron chi connectivity index (χ0n) is 12.7. The van der Waals surface area contributed by atoms with E-state index in [1.807, 2.05) is 0 Å². The predicted molar refractivity (Wildman–Crippen MR) is 81.8 cm³/mol. The highest BCUT2D eigenvalue weighted by Crippen LogP contribution is 2.22. The zero-order chi connectivity index (χ0) is 15.7. The minimum absolute atomic E-state index is 0.0543. The molecule has 0 radical (unpaired) electrons. The minimum Gasteiger partial charge on any atom is -0.390 e. The van der Waals surface area contributed by atoms with Gasteiger partial charge in [0.15, 0.2) is 0 Å². The summed E-state index contributed by atoms with van der Waals surface area (Å²) in [4.78, 5) is 30.1. The first-order chi connectivity index (χ1) is 10.6. The number of carbonyl (C=O) groups excluding carboxylic acids is 2. The molecule has 2 heterocycles. The van der Waals surface area contributed by atoms with Crippen LogP contribution >= 0.6 is 0 Å². The summed E-state index contributed by atoms with van der Waals surface area (Å²) in [6, 6.07) is 6.80. The molecule has 0 bridgehead atoms. The molecule has 2 amide bonds. The molecule has 1 aromatic carbocycles. The van der Waals surface area contributed by atoms with Crippen molar-refractivity contribution in [2.45, 2.75) is 6.10 Å². The van der Waals surface area contributed by atoms with Gasteiger partial charge in [-0.2, -0.15) is 0 Å². The summed E-state index contributed by atoms with van der Waals surface area (Å²) < 4.78 is 0. The second-order valence-electron chi connectivity index (χ2n) is 6.02. The highest BCUT2D eigenvalue weighted by Gasteiger charge is 2.36. The van der Waals surface area contributed by atoms with Crippen molar-refractivity contribution in [2.75, 3.05) is 46.3 Å². The van der Waals surface area contributed by atoms with Crippen molar-refractivity contribution < 1.29 is 14.7 Å². The lowest BCUT2D eigenvalue weighted by Crippen LogP contribution is -2.49. The summed E-state index contributed by atoms with van der Waals surface area (Å²) >= 11 is 0. The van der Waals surface area contributed by atoms with Crippen LogP contribution in [-0.4, -0.2) is 84.0 Å². The third-order valence-electron chi connectivity index (χ3n) is 4.34. The van der Waals surface area contributed by atoms with Crippen molar-refractivity contribution in [3.8, 4) is 0 Å². The molecule has 1 saturated heterocycles. The quantitative estimate of drug-likeness (QED) is 0.787. The lowest BCUT2D eigenvalue weighted by atomic mass is 10.1. The summed E-state index contributed by atoms with van der Waals surface area (Å²) in [5.41, 5.74) is 0.860. The molecule has 0 saturated carbocycles. The normalized spacial score (nSPS) is 21.3. The third-order valence-corrected chi connectivity index (χ3v) is 4.34. The van der Waals surface area contributed by atoms with Gasteiger partial charge >= 0.3 is 0 Å². The number of likely N-dealkylation sites (N-methyl/N-ethyl adjacent to an activating group) is 1. The summed E-state index contributed by atoms with van der Waals surface area (Å²) in [7, 11) is 2.08. The Kier molecular flexibility index (Phi) is 4.24. The van der Waals surface area contributed by atoms with Gasteiger partial charge in [0, 0.05) is 32.7 Å². The molecule has 2 aliphatic rings. The maximum Gasteiger partial charge on any atom is 0.261 e. The summed E-state index contributed by atoms with van der Waals surface area (Å²) in [6.07, 6.45) is -0.717. The fourth-order valence-electron chi connectivity index (χ4n) is 3.00. The van der Waals surface area contributed by atoms with Crippen LogP contribution in [0, 0.1) is 0 Å². The number of carbonyl (C=O) groups is 2. The number of nitrogens with zero attached hydrogens (tertiary/aromatic N) is 3. The Morgan fingerprint density at radius 3 is 2.09 bits per heavy atom. The van der Waals surface area contributed by atoms with Crippen molar-refractivity contribution in [3.63, 3.8) is 0 Å². The average molecular weight is 303 g/mol. The van der Waals surface area contributed by atoms with Gasteiger partial charge < -0.3 is 10.0 Å². The summed E-state index contributed by atoms with van der Waals surface area (Å²) in [5, 5.41) is 10.2. The number of benzene rings is 1. The number of rotatable bonds is 4. The maximum atomic E-state index is 12.3. The van der Waals surface area contributed by atoms with Crippen LogP contribution in [0.15, 0.2) is 24.3 Å². The molecule has 6 heteroatoms. The number of hydrogen-bond acceptors (Lipinski definition) is 5. The van der Waals surface area contributed by atoms with Gasteiger partial charge in [-0.15, -0.1) is 0 Å². The van der Waals surface area contributed by atoms with E-state index in [4.69, 9.17) is 0 Å². The van der Waals surface area contributed by atoms with Crippen LogP contribution in [0.5, 0.6) is 0 Å². The van der Waals surface area contributed by atoms with Gasteiger partial charge in [0.2, 0.25) is 0 Å². The molecule has 1 N–H and O–H groups in total. The molecule has 3 rings (SSSR count). The molecular weight excluding hydrogens is 282 g/mol. The average Bonchev–Trinajstić information content (AvgIpc) is 2.75. The highest BCUT2D eigenvalue weighted by molar-refractivity contribution is 6.21. The van der Waals surface area contributed by atoms with Gasteiger partial charge in [-0.25, -0.2) is 0 Å². The van der Waals surface area contributed by atoms with Gasteiger partial charge in [-0.3, -0.25) is 19.4 Å². The molecule has 1 fully saturated rings. The van der Waals surface area contributed by atoms with E-state index in [0.29, 0.717) is 17.7 Å². The number of piperazine rings is 1. The number of fused-ring (bicyclic) bond motifs is 1. The molecule has 0 aliphatic carbocycles. The Morgan fingerprint density at radius 2 is 1.55 bits per heavy atom. The van der Waals surface area contributed by atoms with Crippen LogP contribution in [0.4, 0.5) is 0 Å². The topological polar surface area (TPSA) is 64.1 Å². The first-order valence-corrected chi connectivity index (χ1v) is 7.60. The van der Waals surface area contributed by atoms with Crippen molar-refractivity contribution >= 4 is 11.8 Å². The molecule has 0 aromatic heterocycles. The van der Waals surface area contributed by atoms with Crippen molar-refractivity contribution in [2.24, 2.45) is 0 Å². The SMILES string of the molecule is CN1CCN(CC(O)CN2C(=O)c3ccccc3C2=O)CC1. The largest absolute Gasteiger partial charge is 0.390 e. The Bertz CT molecular complexity index is 547. The van der Waals surface area contributed by atoms with E-state index in [2.05, 4.69) is 16.8 Å². The van der Waals surface area contributed by atoms with Gasteiger partial charge in [-0.05, 0) is 19.2 Å². The molecule has 6 nitrogen and oxygen atoms in total. The second kappa shape index (κ2) is 6.16. The molecule has 1 unspecified atom stereocenters. The van der Waals surface area contributed by atoms with Crippen LogP contribution in [-0.2, 0) is 0 Å². The van der Waals surface area contributed by atoms with E-state index in [-0.39, 0.29) is 18.4 Å². The smallest absolute Gasteiger partial charge is 0.261 e. The lowest BCUT2D eigenvalue weighted by molar-refractivity contribution is 0.0418. The van der Waals surface area contributed by atoms with Crippen molar-refractivity contribution in [1.82, 2.24) is 14.7 Å². The van der Waals surface area contributed by atoms with Gasteiger partial charge in [0.1, 0.15) is 0 Å². The Morgan fingerprint density at radius 1 is 1.00 bits per heavy atom. The van der Waals surface area contributed by atoms with Crippen molar-refractivity contribution in [1.29, 1.82) is 0 Å². The Balaban J connectivity index is 1.60. The van der Waals surface area contributed by atoms with Crippen LogP contribution in [0.1, 0.15) is 20.7 Å². The fourth-order valence-corrected chi connectivity index (χ4v) is 3.00. The first-order valence-electron chi connectivity index (χ1n) is 7.60. The fraction of sp³-hybridized carbons (Fsp3) is 0.500. The number of aliphatic hydroxyl groups excluding tert-OH is 1. The Labute approximate surface area is 129 Å². The summed E-state index contributed by atoms with van der Waals surface area (Å²) in [6.45, 7) is 4.28. The van der Waals surface area contributed by atoms with Crippen molar-refractivity contribution in [3.05, 3.63) is 35.4 Å². The van der Waals surface area contributed by atoms with E-state index >= 15 is 0 Å². The van der Waals surface area contributed by atoms with E-state index in [9.17, 15) is 14.7 Å². The van der Waals surface area contributed by atoms with Gasteiger partial charge in [0.05, 0.1) is 23.8 Å². The number of amides is 2. The van der Waals surface area contributed by atoms with Crippen LogP contribution < -0.4 is 0 Å². The summed E-state index contributed by atoms with van der Waals surface area (Å²) in [5.74, 6) is -0.615. The zero-order valence-corrected chi connectivity index (χ0v) is 12.7. The van der Waals surface area contributed by atoms with E-state index in [1.54, 1.807) is 24.3 Å². The predicted octanol–water partition coefficient (Wildman–Crippen LogP) is -0.109. The molecular formula is C16H21N3O3. The minimum atomic E-state index is -0.717. The number of imide groups is 1.